The number of carbonyl (C=O) groups is 1. The van der Waals surface area contributed by atoms with Gasteiger partial charge >= 0.3 is 6.18 Å². The van der Waals surface area contributed by atoms with Crippen LogP contribution in [0.15, 0.2) is 27.6 Å². The van der Waals surface area contributed by atoms with E-state index in [0.717, 1.165) is 6.07 Å². The fraction of sp³-hybridized carbons (Fsp3) is 0.235. The van der Waals surface area contributed by atoms with Gasteiger partial charge in [0.1, 0.15) is 10.9 Å². The highest BCUT2D eigenvalue weighted by Gasteiger charge is 2.40. The number of rotatable bonds is 5. The molecule has 31 heavy (non-hydrogen) atoms. The lowest BCUT2D eigenvalue weighted by atomic mass is 10.1. The average molecular weight is 554 g/mol. The van der Waals surface area contributed by atoms with E-state index in [1.807, 2.05) is 5.32 Å². The van der Waals surface area contributed by atoms with E-state index in [2.05, 4.69) is 15.9 Å². The predicted octanol–water partition coefficient (Wildman–Crippen LogP) is 5.31. The molecule has 2 aromatic rings. The molecule has 0 saturated heterocycles. The first-order valence-corrected chi connectivity index (χ1v) is 10.7. The highest BCUT2D eigenvalue weighted by molar-refractivity contribution is 9.10. The van der Waals surface area contributed by atoms with Crippen molar-refractivity contribution in [2.75, 3.05) is 5.32 Å². The van der Waals surface area contributed by atoms with Crippen LogP contribution in [0.25, 0.3) is 0 Å². The zero-order chi connectivity index (χ0) is 23.9. The van der Waals surface area contributed by atoms with Crippen LogP contribution in [-0.2, 0) is 10.0 Å². The number of anilines is 1. The summed E-state index contributed by atoms with van der Waals surface area (Å²) in [5.74, 6) is -5.72. The van der Waals surface area contributed by atoms with Gasteiger partial charge in [-0.15, -0.1) is 0 Å². The molecule has 0 radical (unpaired) electrons. The molecule has 2 aromatic carbocycles. The monoisotopic (exact) mass is 552 g/mol. The zero-order valence-corrected chi connectivity index (χ0v) is 18.6. The number of amides is 1. The summed E-state index contributed by atoms with van der Waals surface area (Å²) in [6, 6.07) is -0.470. The molecule has 1 unspecified atom stereocenters. The van der Waals surface area contributed by atoms with Crippen molar-refractivity contribution in [3.8, 4) is 0 Å². The molecule has 2 rings (SSSR count). The van der Waals surface area contributed by atoms with Crippen LogP contribution in [0, 0.1) is 24.4 Å². The number of nitrogens with one attached hydrogen (secondary N) is 2. The molecule has 0 spiro atoms. The smallest absolute Gasteiger partial charge is 0.322 e. The van der Waals surface area contributed by atoms with Crippen LogP contribution in [0.1, 0.15) is 22.8 Å². The quantitative estimate of drug-likeness (QED) is 0.389. The van der Waals surface area contributed by atoms with Gasteiger partial charge in [0.05, 0.1) is 10.6 Å². The number of halogens is 8. The molecular weight excluding hydrogens is 542 g/mol. The predicted molar refractivity (Wildman–Crippen MR) is 104 cm³/mol. The third kappa shape index (κ3) is 5.51. The molecule has 0 heterocycles. The Balaban J connectivity index is 2.52. The van der Waals surface area contributed by atoms with E-state index in [0.29, 0.717) is 19.1 Å². The average Bonchev–Trinajstić information content (AvgIpc) is 2.61. The lowest BCUT2D eigenvalue weighted by molar-refractivity contribution is -0.147. The minimum atomic E-state index is -5.05. The van der Waals surface area contributed by atoms with Crippen LogP contribution in [0.5, 0.6) is 0 Å². The second kappa shape index (κ2) is 8.96. The Morgan fingerprint density at radius 2 is 1.71 bits per heavy atom. The van der Waals surface area contributed by atoms with Crippen molar-refractivity contribution in [1.29, 1.82) is 0 Å². The topological polar surface area (TPSA) is 75.3 Å². The number of alkyl halides is 3. The summed E-state index contributed by atoms with van der Waals surface area (Å²) in [6.07, 6.45) is -4.95. The van der Waals surface area contributed by atoms with Gasteiger partial charge in [-0.25, -0.2) is 21.6 Å². The van der Waals surface area contributed by atoms with Crippen molar-refractivity contribution in [1.82, 2.24) is 4.72 Å². The Labute approximate surface area is 185 Å². The summed E-state index contributed by atoms with van der Waals surface area (Å²) in [6.45, 7) is 1.74. The van der Waals surface area contributed by atoms with Crippen molar-refractivity contribution in [2.24, 2.45) is 0 Å². The van der Waals surface area contributed by atoms with E-state index >= 15 is 0 Å². The molecule has 1 amide bonds. The number of sulfonamides is 1. The number of hydrogen-bond donors (Lipinski definition) is 2. The van der Waals surface area contributed by atoms with Gasteiger partial charge in [-0.2, -0.15) is 17.9 Å². The maximum Gasteiger partial charge on any atom is 0.404 e. The Morgan fingerprint density at radius 1 is 1.13 bits per heavy atom. The van der Waals surface area contributed by atoms with E-state index < -0.39 is 61.1 Å². The molecule has 2 N–H and O–H groups in total. The molecule has 5 nitrogen and oxygen atoms in total. The highest BCUT2D eigenvalue weighted by atomic mass is 79.9. The van der Waals surface area contributed by atoms with E-state index in [1.165, 1.54) is 11.6 Å². The van der Waals surface area contributed by atoms with Crippen LogP contribution in [0.2, 0.25) is 5.02 Å². The van der Waals surface area contributed by atoms with Crippen LogP contribution in [-0.4, -0.2) is 26.5 Å². The second-order valence-electron chi connectivity index (χ2n) is 6.26. The normalized spacial score (nSPS) is 13.2. The minimum Gasteiger partial charge on any atom is -0.322 e. The molecule has 0 aliphatic heterocycles. The lowest BCUT2D eigenvalue weighted by Gasteiger charge is -2.19. The summed E-state index contributed by atoms with van der Waals surface area (Å²) in [5, 5.41) is 1.35. The molecule has 0 aliphatic rings. The second-order valence-corrected chi connectivity index (χ2v) is 9.21. The Hall–Kier alpha value is -1.83. The van der Waals surface area contributed by atoms with Gasteiger partial charge in [0, 0.05) is 16.2 Å². The highest BCUT2D eigenvalue weighted by Crippen LogP contribution is 2.31. The van der Waals surface area contributed by atoms with Gasteiger partial charge in [-0.1, -0.05) is 27.5 Å². The maximum absolute atomic E-state index is 15.0. The van der Waals surface area contributed by atoms with Gasteiger partial charge in [0.15, 0.2) is 17.5 Å². The SMILES string of the molecule is Cc1c(Br)cc(S(=O)(=O)NC(C)C(F)(F)F)c(F)c1C(=O)Nc1cc(F)c(F)c(Cl)c1. The molecule has 1 atom stereocenters. The Kier molecular flexibility index (Phi) is 7.35. The third-order valence-corrected chi connectivity index (χ3v) is 6.65. The zero-order valence-electron chi connectivity index (χ0n) is 15.5. The van der Waals surface area contributed by atoms with Gasteiger partial charge < -0.3 is 5.32 Å². The van der Waals surface area contributed by atoms with E-state index in [4.69, 9.17) is 11.6 Å². The lowest BCUT2D eigenvalue weighted by Crippen LogP contribution is -2.43. The largest absolute Gasteiger partial charge is 0.404 e. The molecule has 0 saturated carbocycles. The molecule has 0 aromatic heterocycles. The number of carbonyl (C=O) groups excluding carboxylic acids is 1. The standard InChI is InChI=1S/C17H12BrClF6N2O3S/c1-6-9(18)5-12(31(29,30)27-7(2)17(23,24)25)15(22)13(6)16(28)26-8-3-10(19)14(21)11(20)4-8/h3-5,7,27H,1-2H3,(H,26,28). The maximum atomic E-state index is 15.0. The van der Waals surface area contributed by atoms with Gasteiger partial charge in [-0.05, 0) is 31.5 Å². The van der Waals surface area contributed by atoms with E-state index in [1.54, 1.807) is 0 Å². The van der Waals surface area contributed by atoms with Crippen LogP contribution >= 0.6 is 27.5 Å². The summed E-state index contributed by atoms with van der Waals surface area (Å²) in [7, 11) is -5.05. The minimum absolute atomic E-state index is 0.105. The van der Waals surface area contributed by atoms with Gasteiger partial charge in [-0.3, -0.25) is 4.79 Å². The third-order valence-electron chi connectivity index (χ3n) is 4.01. The van der Waals surface area contributed by atoms with E-state index in [-0.39, 0.29) is 15.7 Å². The van der Waals surface area contributed by atoms with Gasteiger partial charge in [0.25, 0.3) is 5.91 Å². The number of hydrogen-bond acceptors (Lipinski definition) is 3. The van der Waals surface area contributed by atoms with Crippen molar-refractivity contribution in [3.63, 3.8) is 0 Å². The Bertz CT molecular complexity index is 1130. The van der Waals surface area contributed by atoms with Crippen molar-refractivity contribution >= 4 is 49.1 Å². The fourth-order valence-corrected chi connectivity index (χ4v) is 4.47. The molecule has 170 valence electrons. The molecule has 0 aliphatic carbocycles. The van der Waals surface area contributed by atoms with Crippen molar-refractivity contribution in [3.05, 3.63) is 56.3 Å². The molecule has 0 bridgehead atoms. The van der Waals surface area contributed by atoms with Crippen LogP contribution in [0.3, 0.4) is 0 Å². The summed E-state index contributed by atoms with van der Waals surface area (Å²) in [5.41, 5.74) is -1.33. The Morgan fingerprint density at radius 3 is 2.23 bits per heavy atom. The molecule has 0 fully saturated rings. The summed E-state index contributed by atoms with van der Waals surface area (Å²) >= 11 is 8.40. The van der Waals surface area contributed by atoms with Crippen LogP contribution < -0.4 is 10.0 Å². The van der Waals surface area contributed by atoms with E-state index in [9.17, 15) is 39.6 Å². The fourth-order valence-electron chi connectivity index (χ4n) is 2.34. The summed E-state index contributed by atoms with van der Waals surface area (Å²) < 4.78 is 106. The number of benzene rings is 2. The summed E-state index contributed by atoms with van der Waals surface area (Å²) in [4.78, 5) is 11.3. The first-order valence-electron chi connectivity index (χ1n) is 8.09. The van der Waals surface area contributed by atoms with Crippen LogP contribution in [0.4, 0.5) is 32.0 Å². The van der Waals surface area contributed by atoms with Gasteiger partial charge in [0.2, 0.25) is 10.0 Å². The first-order chi connectivity index (χ1) is 14.1. The first kappa shape index (κ1) is 25.4. The molecule has 14 heteroatoms. The molecular formula is C17H12BrClF6N2O3S. The van der Waals surface area contributed by atoms with Crippen molar-refractivity contribution < 1.29 is 39.6 Å². The van der Waals surface area contributed by atoms with Crippen molar-refractivity contribution in [2.45, 2.75) is 31.0 Å².